The number of nitrogens with zero attached hydrogens (tertiary/aromatic N) is 3. The monoisotopic (exact) mass is 246 g/mol. The second-order valence-corrected chi connectivity index (χ2v) is 4.68. The van der Waals surface area contributed by atoms with Crippen molar-refractivity contribution in [2.24, 2.45) is 5.92 Å². The van der Waals surface area contributed by atoms with Crippen LogP contribution in [-0.2, 0) is 4.74 Å². The SMILES string of the molecule is CN(CC1CCCOC1)c1ccc(N)c(C#N)n1. The first-order valence-corrected chi connectivity index (χ1v) is 6.16. The summed E-state index contributed by atoms with van der Waals surface area (Å²) in [5, 5.41) is 8.92. The van der Waals surface area contributed by atoms with Gasteiger partial charge in [-0.05, 0) is 30.9 Å². The van der Waals surface area contributed by atoms with E-state index in [9.17, 15) is 0 Å². The van der Waals surface area contributed by atoms with Crippen LogP contribution in [0, 0.1) is 17.2 Å². The Bertz CT molecular complexity index is 449. The standard InChI is InChI=1S/C13H18N4O/c1-17(8-10-3-2-6-18-9-10)13-5-4-11(15)12(7-14)16-13/h4-5,10H,2-3,6,8-9,15H2,1H3. The highest BCUT2D eigenvalue weighted by Crippen LogP contribution is 2.19. The van der Waals surface area contributed by atoms with Gasteiger partial charge in [-0.3, -0.25) is 0 Å². The number of nitrogen functional groups attached to an aromatic ring is 1. The maximum Gasteiger partial charge on any atom is 0.165 e. The Morgan fingerprint density at radius 2 is 2.44 bits per heavy atom. The van der Waals surface area contributed by atoms with Crippen molar-refractivity contribution in [3.8, 4) is 6.07 Å². The number of hydrogen-bond acceptors (Lipinski definition) is 5. The molecule has 0 aliphatic carbocycles. The number of anilines is 2. The summed E-state index contributed by atoms with van der Waals surface area (Å²) in [5.41, 5.74) is 6.38. The van der Waals surface area contributed by atoms with Gasteiger partial charge in [0, 0.05) is 20.2 Å². The Morgan fingerprint density at radius 1 is 1.61 bits per heavy atom. The first kappa shape index (κ1) is 12.7. The molecule has 1 saturated heterocycles. The zero-order valence-electron chi connectivity index (χ0n) is 10.6. The third-order valence-electron chi connectivity index (χ3n) is 3.20. The topological polar surface area (TPSA) is 75.2 Å². The molecule has 18 heavy (non-hydrogen) atoms. The van der Waals surface area contributed by atoms with Crippen LogP contribution >= 0.6 is 0 Å². The molecule has 0 aromatic carbocycles. The van der Waals surface area contributed by atoms with Gasteiger partial charge >= 0.3 is 0 Å². The van der Waals surface area contributed by atoms with Gasteiger partial charge in [0.15, 0.2) is 5.69 Å². The van der Waals surface area contributed by atoms with E-state index in [1.165, 1.54) is 6.42 Å². The molecule has 2 heterocycles. The highest BCUT2D eigenvalue weighted by molar-refractivity contribution is 5.55. The van der Waals surface area contributed by atoms with Gasteiger partial charge in [0.25, 0.3) is 0 Å². The average molecular weight is 246 g/mol. The van der Waals surface area contributed by atoms with Gasteiger partial charge in [-0.2, -0.15) is 5.26 Å². The summed E-state index contributed by atoms with van der Waals surface area (Å²) >= 11 is 0. The molecule has 0 saturated carbocycles. The Kier molecular flexibility index (Phi) is 4.00. The predicted molar refractivity (Wildman–Crippen MR) is 70.2 cm³/mol. The van der Waals surface area contributed by atoms with Gasteiger partial charge in [0.2, 0.25) is 0 Å². The lowest BCUT2D eigenvalue weighted by Gasteiger charge is -2.27. The predicted octanol–water partition coefficient (Wildman–Crippen LogP) is 1.40. The van der Waals surface area contributed by atoms with Crippen LogP contribution in [0.15, 0.2) is 12.1 Å². The van der Waals surface area contributed by atoms with Gasteiger partial charge < -0.3 is 15.4 Å². The Balaban J connectivity index is 2.04. The van der Waals surface area contributed by atoms with Gasteiger partial charge in [0.05, 0.1) is 12.3 Å². The van der Waals surface area contributed by atoms with E-state index in [0.717, 1.165) is 32.0 Å². The molecule has 0 radical (unpaired) electrons. The third kappa shape index (κ3) is 2.90. The van der Waals surface area contributed by atoms with Crippen molar-refractivity contribution in [3.05, 3.63) is 17.8 Å². The first-order valence-electron chi connectivity index (χ1n) is 6.16. The van der Waals surface area contributed by atoms with E-state index in [2.05, 4.69) is 9.88 Å². The lowest BCUT2D eigenvalue weighted by Crippen LogP contribution is -2.31. The van der Waals surface area contributed by atoms with Crippen molar-refractivity contribution in [2.45, 2.75) is 12.8 Å². The highest BCUT2D eigenvalue weighted by Gasteiger charge is 2.17. The highest BCUT2D eigenvalue weighted by atomic mass is 16.5. The van der Waals surface area contributed by atoms with Crippen molar-refractivity contribution in [1.29, 1.82) is 5.26 Å². The maximum absolute atomic E-state index is 8.92. The fourth-order valence-electron chi connectivity index (χ4n) is 2.19. The van der Waals surface area contributed by atoms with E-state index in [1.54, 1.807) is 6.07 Å². The summed E-state index contributed by atoms with van der Waals surface area (Å²) in [5.74, 6) is 1.32. The van der Waals surface area contributed by atoms with E-state index < -0.39 is 0 Å². The number of ether oxygens (including phenoxy) is 1. The van der Waals surface area contributed by atoms with Gasteiger partial charge in [0.1, 0.15) is 11.9 Å². The fourth-order valence-corrected chi connectivity index (χ4v) is 2.19. The molecule has 2 rings (SSSR count). The zero-order valence-corrected chi connectivity index (χ0v) is 10.6. The summed E-state index contributed by atoms with van der Waals surface area (Å²) in [7, 11) is 1.98. The molecule has 1 fully saturated rings. The second kappa shape index (κ2) is 5.69. The van der Waals surface area contributed by atoms with E-state index in [0.29, 0.717) is 17.3 Å². The van der Waals surface area contributed by atoms with Crippen LogP contribution in [0.2, 0.25) is 0 Å². The number of rotatable bonds is 3. The van der Waals surface area contributed by atoms with Gasteiger partial charge in [-0.15, -0.1) is 0 Å². The largest absolute Gasteiger partial charge is 0.396 e. The third-order valence-corrected chi connectivity index (χ3v) is 3.20. The van der Waals surface area contributed by atoms with Gasteiger partial charge in [-0.25, -0.2) is 4.98 Å². The molecule has 0 spiro atoms. The average Bonchev–Trinajstić information content (AvgIpc) is 2.40. The first-order chi connectivity index (χ1) is 8.70. The van der Waals surface area contributed by atoms with Crippen LogP contribution in [0.25, 0.3) is 0 Å². The van der Waals surface area contributed by atoms with Crippen molar-refractivity contribution < 1.29 is 4.74 Å². The summed E-state index contributed by atoms with van der Waals surface area (Å²) in [6.45, 7) is 2.57. The molecule has 1 aliphatic heterocycles. The Hall–Kier alpha value is -1.80. The molecule has 96 valence electrons. The zero-order chi connectivity index (χ0) is 13.0. The lowest BCUT2D eigenvalue weighted by molar-refractivity contribution is 0.0576. The number of nitrogens with two attached hydrogens (primary N) is 1. The molecule has 1 aliphatic rings. The van der Waals surface area contributed by atoms with Gasteiger partial charge in [-0.1, -0.05) is 0 Å². The van der Waals surface area contributed by atoms with Crippen LogP contribution in [-0.4, -0.2) is 31.8 Å². The molecular formula is C13H18N4O. The number of hydrogen-bond donors (Lipinski definition) is 1. The van der Waals surface area contributed by atoms with Crippen LogP contribution in [0.1, 0.15) is 18.5 Å². The number of pyridine rings is 1. The molecular weight excluding hydrogens is 228 g/mol. The molecule has 1 atom stereocenters. The molecule has 2 N–H and O–H groups in total. The fraction of sp³-hybridized carbons (Fsp3) is 0.538. The summed E-state index contributed by atoms with van der Waals surface area (Å²) in [6, 6.07) is 5.58. The smallest absolute Gasteiger partial charge is 0.165 e. The lowest BCUT2D eigenvalue weighted by atomic mass is 10.0. The summed E-state index contributed by atoms with van der Waals surface area (Å²) in [4.78, 5) is 6.31. The Morgan fingerprint density at radius 3 is 3.11 bits per heavy atom. The van der Waals surface area contributed by atoms with Crippen LogP contribution in [0.4, 0.5) is 11.5 Å². The summed E-state index contributed by atoms with van der Waals surface area (Å²) < 4.78 is 5.46. The molecule has 1 unspecified atom stereocenters. The van der Waals surface area contributed by atoms with E-state index in [1.807, 2.05) is 19.2 Å². The van der Waals surface area contributed by atoms with E-state index >= 15 is 0 Å². The van der Waals surface area contributed by atoms with Crippen molar-refractivity contribution in [1.82, 2.24) is 4.98 Å². The molecule has 0 amide bonds. The summed E-state index contributed by atoms with van der Waals surface area (Å²) in [6.07, 6.45) is 2.31. The normalized spacial score (nSPS) is 19.2. The Labute approximate surface area is 107 Å². The second-order valence-electron chi connectivity index (χ2n) is 4.68. The minimum Gasteiger partial charge on any atom is -0.396 e. The quantitative estimate of drug-likeness (QED) is 0.872. The molecule has 0 bridgehead atoms. The minimum atomic E-state index is 0.291. The van der Waals surface area contributed by atoms with Crippen LogP contribution in [0.5, 0.6) is 0 Å². The number of aromatic nitrogens is 1. The van der Waals surface area contributed by atoms with Crippen LogP contribution < -0.4 is 10.6 Å². The van der Waals surface area contributed by atoms with E-state index in [-0.39, 0.29) is 0 Å². The molecule has 1 aromatic rings. The number of nitriles is 1. The van der Waals surface area contributed by atoms with Crippen molar-refractivity contribution in [3.63, 3.8) is 0 Å². The van der Waals surface area contributed by atoms with Crippen molar-refractivity contribution in [2.75, 3.05) is 37.4 Å². The molecule has 5 nitrogen and oxygen atoms in total. The van der Waals surface area contributed by atoms with E-state index in [4.69, 9.17) is 15.7 Å². The maximum atomic E-state index is 8.92. The molecule has 1 aromatic heterocycles. The molecule has 5 heteroatoms. The van der Waals surface area contributed by atoms with Crippen molar-refractivity contribution >= 4 is 11.5 Å². The minimum absolute atomic E-state index is 0.291. The van der Waals surface area contributed by atoms with Crippen LogP contribution in [0.3, 0.4) is 0 Å².